The van der Waals surface area contributed by atoms with E-state index in [0.29, 0.717) is 28.5 Å². The monoisotopic (exact) mass is 398 g/mol. The van der Waals surface area contributed by atoms with Gasteiger partial charge < -0.3 is 20.2 Å². The number of primary amides is 1. The van der Waals surface area contributed by atoms with E-state index >= 15 is 0 Å². The number of thioether (sulfide) groups is 1. The molecular weight excluding hydrogens is 380 g/mol. The van der Waals surface area contributed by atoms with Crippen molar-refractivity contribution in [1.29, 1.82) is 0 Å². The van der Waals surface area contributed by atoms with Gasteiger partial charge in [-0.2, -0.15) is 0 Å². The Hall–Kier alpha value is -3.33. The molecule has 0 unspecified atom stereocenters. The fourth-order valence-electron chi connectivity index (χ4n) is 2.35. The molecule has 9 heteroatoms. The number of hydrogen-bond acceptors (Lipinski definition) is 7. The third-order valence-corrected chi connectivity index (χ3v) is 4.76. The van der Waals surface area contributed by atoms with Crippen LogP contribution in [0.25, 0.3) is 11.5 Å². The molecule has 3 aromatic rings. The van der Waals surface area contributed by atoms with Crippen LogP contribution in [0.4, 0.5) is 5.69 Å². The molecule has 0 bridgehead atoms. The van der Waals surface area contributed by atoms with Crippen LogP contribution in [0.15, 0.2) is 58.2 Å². The maximum atomic E-state index is 12.4. The fourth-order valence-corrected chi connectivity index (χ4v) is 3.04. The average molecular weight is 398 g/mol. The lowest BCUT2D eigenvalue weighted by Crippen LogP contribution is -2.22. The summed E-state index contributed by atoms with van der Waals surface area (Å²) in [6, 6.07) is 13.6. The SMILES string of the molecule is COc1ccccc1-c1nnc(S[C@H](C)C(=O)Nc2ccc(C(N)=O)cc2)o1. The Morgan fingerprint density at radius 1 is 1.14 bits per heavy atom. The van der Waals surface area contributed by atoms with Gasteiger partial charge in [-0.25, -0.2) is 0 Å². The fraction of sp³-hybridized carbons (Fsp3) is 0.158. The minimum absolute atomic E-state index is 0.242. The number of nitrogens with zero attached hydrogens (tertiary/aromatic N) is 2. The van der Waals surface area contributed by atoms with Gasteiger partial charge in [0.2, 0.25) is 11.8 Å². The van der Waals surface area contributed by atoms with Crippen LogP contribution >= 0.6 is 11.8 Å². The number of carbonyl (C=O) groups excluding carboxylic acids is 2. The number of aromatic nitrogens is 2. The molecule has 0 spiro atoms. The number of nitrogens with two attached hydrogens (primary N) is 1. The van der Waals surface area contributed by atoms with Crippen molar-refractivity contribution in [2.45, 2.75) is 17.4 Å². The first-order chi connectivity index (χ1) is 13.5. The highest BCUT2D eigenvalue weighted by Gasteiger charge is 2.20. The van der Waals surface area contributed by atoms with E-state index in [1.807, 2.05) is 18.2 Å². The second kappa shape index (κ2) is 8.57. The minimum Gasteiger partial charge on any atom is -0.496 e. The Bertz CT molecular complexity index is 988. The summed E-state index contributed by atoms with van der Waals surface area (Å²) in [4.78, 5) is 23.5. The summed E-state index contributed by atoms with van der Waals surface area (Å²) in [5.41, 5.74) is 6.81. The van der Waals surface area contributed by atoms with Crippen molar-refractivity contribution in [1.82, 2.24) is 10.2 Å². The van der Waals surface area contributed by atoms with Crippen molar-refractivity contribution in [2.75, 3.05) is 12.4 Å². The molecular formula is C19H18N4O4S. The summed E-state index contributed by atoms with van der Waals surface area (Å²) in [6.45, 7) is 1.73. The quantitative estimate of drug-likeness (QED) is 0.587. The van der Waals surface area contributed by atoms with Gasteiger partial charge in [-0.15, -0.1) is 10.2 Å². The van der Waals surface area contributed by atoms with E-state index in [2.05, 4.69) is 15.5 Å². The van der Waals surface area contributed by atoms with E-state index < -0.39 is 11.2 Å². The number of anilines is 1. The largest absolute Gasteiger partial charge is 0.496 e. The van der Waals surface area contributed by atoms with Gasteiger partial charge in [0, 0.05) is 11.3 Å². The highest BCUT2D eigenvalue weighted by molar-refractivity contribution is 8.00. The van der Waals surface area contributed by atoms with Crippen molar-refractivity contribution in [3.05, 3.63) is 54.1 Å². The molecule has 1 heterocycles. The number of ether oxygens (including phenoxy) is 1. The Balaban J connectivity index is 1.64. The summed E-state index contributed by atoms with van der Waals surface area (Å²) in [5.74, 6) is 0.167. The third kappa shape index (κ3) is 4.49. The molecule has 144 valence electrons. The lowest BCUT2D eigenvalue weighted by molar-refractivity contribution is -0.115. The number of carbonyl (C=O) groups is 2. The smallest absolute Gasteiger partial charge is 0.277 e. The third-order valence-electron chi connectivity index (χ3n) is 3.83. The predicted molar refractivity (Wildman–Crippen MR) is 105 cm³/mol. The zero-order valence-electron chi connectivity index (χ0n) is 15.2. The lowest BCUT2D eigenvalue weighted by Gasteiger charge is -2.10. The van der Waals surface area contributed by atoms with Crippen LogP contribution in [0.1, 0.15) is 17.3 Å². The summed E-state index contributed by atoms with van der Waals surface area (Å²) in [6.07, 6.45) is 0. The van der Waals surface area contributed by atoms with E-state index in [1.165, 1.54) is 0 Å². The molecule has 28 heavy (non-hydrogen) atoms. The van der Waals surface area contributed by atoms with Gasteiger partial charge in [-0.3, -0.25) is 9.59 Å². The van der Waals surface area contributed by atoms with Gasteiger partial charge in [-0.05, 0) is 43.3 Å². The molecule has 0 fully saturated rings. The number of methoxy groups -OCH3 is 1. The van der Waals surface area contributed by atoms with Crippen LogP contribution in [0.2, 0.25) is 0 Å². The van der Waals surface area contributed by atoms with Crippen molar-refractivity contribution in [3.8, 4) is 17.2 Å². The first-order valence-electron chi connectivity index (χ1n) is 8.32. The normalized spacial score (nSPS) is 11.6. The van der Waals surface area contributed by atoms with Gasteiger partial charge in [0.05, 0.1) is 17.9 Å². The number of rotatable bonds is 7. The maximum absolute atomic E-state index is 12.4. The van der Waals surface area contributed by atoms with E-state index in [-0.39, 0.29) is 11.1 Å². The first-order valence-corrected chi connectivity index (χ1v) is 9.20. The molecule has 8 nitrogen and oxygen atoms in total. The van der Waals surface area contributed by atoms with E-state index in [0.717, 1.165) is 11.8 Å². The summed E-state index contributed by atoms with van der Waals surface area (Å²) < 4.78 is 10.9. The predicted octanol–water partition coefficient (Wildman–Crippen LogP) is 2.96. The molecule has 0 saturated carbocycles. The minimum atomic E-state index is -0.524. The second-order valence-corrected chi connectivity index (χ2v) is 7.06. The van der Waals surface area contributed by atoms with Crippen LogP contribution in [0.3, 0.4) is 0 Å². The molecule has 0 aliphatic heterocycles. The molecule has 2 amide bonds. The number of para-hydroxylation sites is 1. The first kappa shape index (κ1) is 19.4. The molecule has 2 aromatic carbocycles. The number of amides is 2. The molecule has 3 rings (SSSR count). The lowest BCUT2D eigenvalue weighted by atomic mass is 10.2. The number of hydrogen-bond donors (Lipinski definition) is 2. The molecule has 0 radical (unpaired) electrons. The van der Waals surface area contributed by atoms with Crippen LogP contribution < -0.4 is 15.8 Å². The van der Waals surface area contributed by atoms with Crippen LogP contribution in [-0.4, -0.2) is 34.4 Å². The molecule has 1 aromatic heterocycles. The Morgan fingerprint density at radius 2 is 1.86 bits per heavy atom. The molecule has 3 N–H and O–H groups in total. The average Bonchev–Trinajstić information content (AvgIpc) is 3.16. The van der Waals surface area contributed by atoms with Gasteiger partial charge >= 0.3 is 0 Å². The van der Waals surface area contributed by atoms with Crippen LogP contribution in [0, 0.1) is 0 Å². The summed E-state index contributed by atoms with van der Waals surface area (Å²) in [5, 5.41) is 10.6. The topological polar surface area (TPSA) is 120 Å². The standard InChI is InChI=1S/C19H18N4O4S/c1-11(17(25)21-13-9-7-12(8-10-13)16(20)24)28-19-23-22-18(27-19)14-5-3-4-6-15(14)26-2/h3-11H,1-2H3,(H2,20,24)(H,21,25)/t11-/m1/s1. The zero-order chi connectivity index (χ0) is 20.1. The molecule has 1 atom stereocenters. The van der Waals surface area contributed by atoms with Crippen molar-refractivity contribution in [2.24, 2.45) is 5.73 Å². The Kier molecular flexibility index (Phi) is 5.95. The van der Waals surface area contributed by atoms with E-state index in [9.17, 15) is 9.59 Å². The van der Waals surface area contributed by atoms with Gasteiger partial charge in [0.15, 0.2) is 0 Å². The number of nitrogens with one attached hydrogen (secondary N) is 1. The zero-order valence-corrected chi connectivity index (χ0v) is 16.0. The second-order valence-electron chi connectivity index (χ2n) is 5.76. The highest BCUT2D eigenvalue weighted by atomic mass is 32.2. The van der Waals surface area contributed by atoms with E-state index in [4.69, 9.17) is 14.9 Å². The summed E-state index contributed by atoms with van der Waals surface area (Å²) >= 11 is 1.14. The van der Waals surface area contributed by atoms with Gasteiger partial charge in [-0.1, -0.05) is 23.9 Å². The van der Waals surface area contributed by atoms with Crippen molar-refractivity contribution >= 4 is 29.3 Å². The van der Waals surface area contributed by atoms with E-state index in [1.54, 1.807) is 44.4 Å². The maximum Gasteiger partial charge on any atom is 0.277 e. The Labute approximate surface area is 165 Å². The molecule has 0 aliphatic carbocycles. The summed E-state index contributed by atoms with van der Waals surface area (Å²) in [7, 11) is 1.56. The Morgan fingerprint density at radius 3 is 2.54 bits per heavy atom. The number of benzene rings is 2. The van der Waals surface area contributed by atoms with Gasteiger partial charge in [0.25, 0.3) is 11.1 Å². The van der Waals surface area contributed by atoms with Gasteiger partial charge in [0.1, 0.15) is 5.75 Å². The van der Waals surface area contributed by atoms with Crippen LogP contribution in [0.5, 0.6) is 5.75 Å². The van der Waals surface area contributed by atoms with Crippen LogP contribution in [-0.2, 0) is 4.79 Å². The highest BCUT2D eigenvalue weighted by Crippen LogP contribution is 2.31. The molecule has 0 saturated heterocycles. The van der Waals surface area contributed by atoms with Crippen molar-refractivity contribution in [3.63, 3.8) is 0 Å². The van der Waals surface area contributed by atoms with Crippen molar-refractivity contribution < 1.29 is 18.7 Å². The molecule has 0 aliphatic rings.